The fourth-order valence-electron chi connectivity index (χ4n) is 2.16. The zero-order chi connectivity index (χ0) is 12.5. The molecule has 0 radical (unpaired) electrons. The largest absolute Gasteiger partial charge is 0.395 e. The SMILES string of the molecule is O=C(CN(CCO)CCO)N1CCCCCC1. The van der Waals surface area contributed by atoms with Crippen molar-refractivity contribution < 1.29 is 15.0 Å². The van der Waals surface area contributed by atoms with Crippen LogP contribution in [-0.4, -0.2) is 71.9 Å². The average Bonchev–Trinajstić information content (AvgIpc) is 2.58. The molecule has 1 amide bonds. The standard InChI is InChI=1S/C12H24N2O3/c15-9-7-13(8-10-16)11-12(17)14-5-3-1-2-4-6-14/h15-16H,1-11H2. The number of amides is 1. The van der Waals surface area contributed by atoms with Crippen LogP contribution in [0.4, 0.5) is 0 Å². The molecule has 0 aromatic rings. The maximum Gasteiger partial charge on any atom is 0.236 e. The van der Waals surface area contributed by atoms with E-state index in [1.165, 1.54) is 12.8 Å². The lowest BCUT2D eigenvalue weighted by Gasteiger charge is -2.25. The highest BCUT2D eigenvalue weighted by molar-refractivity contribution is 5.78. The molecule has 0 atom stereocenters. The van der Waals surface area contributed by atoms with Gasteiger partial charge < -0.3 is 15.1 Å². The van der Waals surface area contributed by atoms with E-state index in [-0.39, 0.29) is 19.1 Å². The average molecular weight is 244 g/mol. The Balaban J connectivity index is 2.38. The summed E-state index contributed by atoms with van der Waals surface area (Å²) in [5.74, 6) is 0.119. The van der Waals surface area contributed by atoms with Gasteiger partial charge in [0.25, 0.3) is 0 Å². The number of aliphatic hydroxyl groups excluding tert-OH is 2. The Morgan fingerprint density at radius 3 is 2.00 bits per heavy atom. The van der Waals surface area contributed by atoms with Crippen LogP contribution in [0.5, 0.6) is 0 Å². The van der Waals surface area contributed by atoms with Gasteiger partial charge in [-0.2, -0.15) is 0 Å². The highest BCUT2D eigenvalue weighted by atomic mass is 16.3. The van der Waals surface area contributed by atoms with Crippen molar-refractivity contribution in [2.45, 2.75) is 25.7 Å². The van der Waals surface area contributed by atoms with Gasteiger partial charge in [0.05, 0.1) is 19.8 Å². The summed E-state index contributed by atoms with van der Waals surface area (Å²) in [4.78, 5) is 15.7. The van der Waals surface area contributed by atoms with E-state index >= 15 is 0 Å². The van der Waals surface area contributed by atoms with Gasteiger partial charge in [-0.25, -0.2) is 0 Å². The summed E-state index contributed by atoms with van der Waals surface area (Å²) in [5.41, 5.74) is 0. The summed E-state index contributed by atoms with van der Waals surface area (Å²) >= 11 is 0. The van der Waals surface area contributed by atoms with Crippen LogP contribution in [0.2, 0.25) is 0 Å². The number of carbonyl (C=O) groups is 1. The second kappa shape index (κ2) is 8.44. The lowest BCUT2D eigenvalue weighted by atomic mass is 10.2. The minimum atomic E-state index is 0.0211. The first kappa shape index (κ1) is 14.4. The smallest absolute Gasteiger partial charge is 0.236 e. The van der Waals surface area contributed by atoms with Crippen molar-refractivity contribution in [2.24, 2.45) is 0 Å². The molecule has 0 unspecified atom stereocenters. The van der Waals surface area contributed by atoms with E-state index in [9.17, 15) is 4.79 Å². The molecule has 0 spiro atoms. The first-order valence-electron chi connectivity index (χ1n) is 6.49. The van der Waals surface area contributed by atoms with E-state index < -0.39 is 0 Å². The second-order valence-electron chi connectivity index (χ2n) is 4.52. The van der Waals surface area contributed by atoms with Gasteiger partial charge in [-0.3, -0.25) is 9.69 Å². The molecule has 0 aliphatic carbocycles. The summed E-state index contributed by atoms with van der Waals surface area (Å²) in [5, 5.41) is 17.8. The van der Waals surface area contributed by atoms with Gasteiger partial charge in [-0.15, -0.1) is 0 Å². The molecule has 0 aromatic heterocycles. The Bertz CT molecular complexity index is 210. The van der Waals surface area contributed by atoms with Crippen LogP contribution >= 0.6 is 0 Å². The molecule has 5 nitrogen and oxygen atoms in total. The molecular weight excluding hydrogens is 220 g/mol. The van der Waals surface area contributed by atoms with Crippen LogP contribution in [0, 0.1) is 0 Å². The Hall–Kier alpha value is -0.650. The fourth-order valence-corrected chi connectivity index (χ4v) is 2.16. The van der Waals surface area contributed by atoms with E-state index in [0.29, 0.717) is 19.6 Å². The Kier molecular flexibility index (Phi) is 7.16. The number of aliphatic hydroxyl groups is 2. The van der Waals surface area contributed by atoms with Gasteiger partial charge in [-0.05, 0) is 12.8 Å². The number of carbonyl (C=O) groups excluding carboxylic acids is 1. The van der Waals surface area contributed by atoms with Gasteiger partial charge in [0.1, 0.15) is 0 Å². The van der Waals surface area contributed by atoms with Crippen molar-refractivity contribution in [2.75, 3.05) is 45.9 Å². The van der Waals surface area contributed by atoms with E-state index in [2.05, 4.69) is 0 Å². The van der Waals surface area contributed by atoms with Gasteiger partial charge >= 0.3 is 0 Å². The van der Waals surface area contributed by atoms with Crippen molar-refractivity contribution in [3.05, 3.63) is 0 Å². The molecular formula is C12H24N2O3. The summed E-state index contributed by atoms with van der Waals surface area (Å²) in [6.45, 7) is 2.94. The molecule has 0 bridgehead atoms. The molecule has 1 saturated heterocycles. The Morgan fingerprint density at radius 2 is 1.53 bits per heavy atom. The lowest BCUT2D eigenvalue weighted by Crippen LogP contribution is -2.42. The third-order valence-corrected chi connectivity index (χ3v) is 3.15. The van der Waals surface area contributed by atoms with Crippen LogP contribution in [0.3, 0.4) is 0 Å². The maximum absolute atomic E-state index is 12.0. The lowest BCUT2D eigenvalue weighted by molar-refractivity contribution is -0.132. The summed E-state index contributed by atoms with van der Waals surface area (Å²) in [7, 11) is 0. The first-order chi connectivity index (χ1) is 8.27. The molecule has 1 rings (SSSR count). The summed E-state index contributed by atoms with van der Waals surface area (Å²) in [6, 6.07) is 0. The predicted octanol–water partition coefficient (Wildman–Crippen LogP) is -0.324. The Morgan fingerprint density at radius 1 is 1.00 bits per heavy atom. The third-order valence-electron chi connectivity index (χ3n) is 3.15. The molecule has 0 aromatic carbocycles. The normalized spacial score (nSPS) is 17.2. The molecule has 17 heavy (non-hydrogen) atoms. The molecule has 2 N–H and O–H groups in total. The van der Waals surface area contributed by atoms with Gasteiger partial charge in [-0.1, -0.05) is 12.8 Å². The first-order valence-corrected chi connectivity index (χ1v) is 6.49. The van der Waals surface area contributed by atoms with Crippen LogP contribution < -0.4 is 0 Å². The van der Waals surface area contributed by atoms with Gasteiger partial charge in [0.2, 0.25) is 5.91 Å². The number of rotatable bonds is 6. The van der Waals surface area contributed by atoms with E-state index in [4.69, 9.17) is 10.2 Å². The number of nitrogens with zero attached hydrogens (tertiary/aromatic N) is 2. The zero-order valence-electron chi connectivity index (χ0n) is 10.5. The van der Waals surface area contributed by atoms with E-state index in [1.54, 1.807) is 4.90 Å². The highest BCUT2D eigenvalue weighted by Gasteiger charge is 2.17. The quantitative estimate of drug-likeness (QED) is 0.672. The Labute approximate surface area is 103 Å². The van der Waals surface area contributed by atoms with Crippen molar-refractivity contribution in [1.82, 2.24) is 9.80 Å². The maximum atomic E-state index is 12.0. The molecule has 1 aliphatic heterocycles. The molecule has 1 aliphatic rings. The third kappa shape index (κ3) is 5.48. The number of hydrogen-bond donors (Lipinski definition) is 2. The van der Waals surface area contributed by atoms with Crippen molar-refractivity contribution in [1.29, 1.82) is 0 Å². The van der Waals surface area contributed by atoms with Crippen LogP contribution in [-0.2, 0) is 4.79 Å². The zero-order valence-corrected chi connectivity index (χ0v) is 10.5. The predicted molar refractivity (Wildman–Crippen MR) is 65.7 cm³/mol. The van der Waals surface area contributed by atoms with E-state index in [0.717, 1.165) is 25.9 Å². The van der Waals surface area contributed by atoms with Crippen molar-refractivity contribution in [3.8, 4) is 0 Å². The molecule has 1 fully saturated rings. The topological polar surface area (TPSA) is 64.0 Å². The molecule has 1 heterocycles. The molecule has 0 saturated carbocycles. The van der Waals surface area contributed by atoms with E-state index in [1.807, 2.05) is 4.90 Å². The minimum Gasteiger partial charge on any atom is -0.395 e. The molecule has 5 heteroatoms. The number of likely N-dealkylation sites (tertiary alicyclic amines) is 1. The summed E-state index contributed by atoms with van der Waals surface area (Å²) < 4.78 is 0. The van der Waals surface area contributed by atoms with Crippen LogP contribution in [0.25, 0.3) is 0 Å². The molecule has 100 valence electrons. The van der Waals surface area contributed by atoms with Crippen LogP contribution in [0.15, 0.2) is 0 Å². The monoisotopic (exact) mass is 244 g/mol. The second-order valence-corrected chi connectivity index (χ2v) is 4.52. The van der Waals surface area contributed by atoms with Gasteiger partial charge in [0, 0.05) is 26.2 Å². The van der Waals surface area contributed by atoms with Crippen LogP contribution in [0.1, 0.15) is 25.7 Å². The fraction of sp³-hybridized carbons (Fsp3) is 0.917. The minimum absolute atomic E-state index is 0.0211. The van der Waals surface area contributed by atoms with Gasteiger partial charge in [0.15, 0.2) is 0 Å². The van der Waals surface area contributed by atoms with Crippen molar-refractivity contribution in [3.63, 3.8) is 0 Å². The highest BCUT2D eigenvalue weighted by Crippen LogP contribution is 2.10. The number of hydrogen-bond acceptors (Lipinski definition) is 4. The van der Waals surface area contributed by atoms with Crippen molar-refractivity contribution >= 4 is 5.91 Å². The summed E-state index contributed by atoms with van der Waals surface area (Å²) in [6.07, 6.45) is 4.60.